The van der Waals surface area contributed by atoms with Crippen LogP contribution in [0.4, 0.5) is 5.69 Å². The van der Waals surface area contributed by atoms with Crippen LogP contribution in [0.3, 0.4) is 0 Å². The Morgan fingerprint density at radius 1 is 1.53 bits per heavy atom. The largest absolute Gasteiger partial charge is 0.310 e. The lowest BCUT2D eigenvalue weighted by Crippen LogP contribution is -2.22. The van der Waals surface area contributed by atoms with E-state index < -0.39 is 4.92 Å². The Labute approximate surface area is 93.4 Å². The molecule has 0 fully saturated rings. The number of hydrogen-bond acceptors (Lipinski definition) is 3. The number of non-ortho nitro benzene ring substituents is 1. The van der Waals surface area contributed by atoms with Crippen LogP contribution in [-0.4, -0.2) is 11.0 Å². The summed E-state index contributed by atoms with van der Waals surface area (Å²) in [7, 11) is 0. The fourth-order valence-corrected chi connectivity index (χ4v) is 1.31. The minimum atomic E-state index is -0.421. The number of rotatable bonds is 4. The number of nitrogens with one attached hydrogen (secondary N) is 1. The van der Waals surface area contributed by atoms with E-state index in [1.807, 2.05) is 13.8 Å². The molecule has 0 bridgehead atoms. The summed E-state index contributed by atoms with van der Waals surface area (Å²) in [5, 5.41) is 14.3. The van der Waals surface area contributed by atoms with Gasteiger partial charge in [-0.25, -0.2) is 0 Å². The van der Waals surface area contributed by atoms with Gasteiger partial charge in [0.15, 0.2) is 0 Å². The first-order chi connectivity index (χ1) is 7.00. The predicted octanol–water partition coefficient (Wildman–Crippen LogP) is 2.75. The first-order valence-corrected chi connectivity index (χ1v) is 5.04. The predicted molar refractivity (Wildman–Crippen MR) is 60.1 cm³/mol. The third kappa shape index (κ3) is 3.49. The first-order valence-electron chi connectivity index (χ1n) is 4.67. The molecule has 0 aliphatic carbocycles. The van der Waals surface area contributed by atoms with E-state index in [0.717, 1.165) is 5.56 Å². The molecule has 0 saturated carbocycles. The zero-order valence-electron chi connectivity index (χ0n) is 8.66. The summed E-state index contributed by atoms with van der Waals surface area (Å²) in [6.45, 7) is 4.55. The van der Waals surface area contributed by atoms with E-state index in [4.69, 9.17) is 11.6 Å². The monoisotopic (exact) mass is 228 g/mol. The molecule has 0 aliphatic heterocycles. The Kier molecular flexibility index (Phi) is 4.05. The molecule has 1 N–H and O–H groups in total. The molecular formula is C10H13ClN2O2. The quantitative estimate of drug-likeness (QED) is 0.637. The maximum Gasteiger partial charge on any atom is 0.269 e. The van der Waals surface area contributed by atoms with Crippen molar-refractivity contribution in [2.75, 3.05) is 0 Å². The molecule has 0 saturated heterocycles. The molecule has 0 aromatic heterocycles. The van der Waals surface area contributed by atoms with Gasteiger partial charge in [0.25, 0.3) is 5.69 Å². The topological polar surface area (TPSA) is 55.2 Å². The van der Waals surface area contributed by atoms with Crippen LogP contribution < -0.4 is 5.32 Å². The van der Waals surface area contributed by atoms with Crippen molar-refractivity contribution in [2.24, 2.45) is 0 Å². The lowest BCUT2D eigenvalue weighted by atomic mass is 10.2. The number of hydrogen-bond donors (Lipinski definition) is 1. The van der Waals surface area contributed by atoms with Crippen LogP contribution in [-0.2, 0) is 6.54 Å². The van der Waals surface area contributed by atoms with Crippen molar-refractivity contribution in [3.63, 3.8) is 0 Å². The van der Waals surface area contributed by atoms with Crippen molar-refractivity contribution in [3.8, 4) is 0 Å². The van der Waals surface area contributed by atoms with Crippen LogP contribution in [0, 0.1) is 10.1 Å². The molecule has 0 amide bonds. The Morgan fingerprint density at radius 3 is 2.73 bits per heavy atom. The molecule has 0 radical (unpaired) electrons. The Balaban J connectivity index is 2.85. The van der Waals surface area contributed by atoms with Crippen LogP contribution in [0.2, 0.25) is 5.02 Å². The number of nitrogens with zero attached hydrogens (tertiary/aromatic N) is 1. The molecule has 0 unspecified atom stereocenters. The van der Waals surface area contributed by atoms with Gasteiger partial charge in [-0.2, -0.15) is 0 Å². The molecule has 15 heavy (non-hydrogen) atoms. The Hall–Kier alpha value is -1.13. The minimum Gasteiger partial charge on any atom is -0.310 e. The third-order valence-corrected chi connectivity index (χ3v) is 2.31. The minimum absolute atomic E-state index is 0.0694. The van der Waals surface area contributed by atoms with Crippen molar-refractivity contribution in [1.29, 1.82) is 0 Å². The average molecular weight is 229 g/mol. The van der Waals surface area contributed by atoms with Crippen LogP contribution in [0.1, 0.15) is 19.4 Å². The number of nitro groups is 1. The maximum absolute atomic E-state index is 10.5. The van der Waals surface area contributed by atoms with E-state index in [1.54, 1.807) is 6.07 Å². The second-order valence-electron chi connectivity index (χ2n) is 3.57. The highest BCUT2D eigenvalue weighted by Crippen LogP contribution is 2.21. The molecule has 82 valence electrons. The molecule has 1 aromatic carbocycles. The van der Waals surface area contributed by atoms with Gasteiger partial charge in [-0.1, -0.05) is 25.4 Å². The van der Waals surface area contributed by atoms with E-state index >= 15 is 0 Å². The average Bonchev–Trinajstić information content (AvgIpc) is 2.16. The van der Waals surface area contributed by atoms with Gasteiger partial charge in [0, 0.05) is 29.7 Å². The normalized spacial score (nSPS) is 10.7. The summed E-state index contributed by atoms with van der Waals surface area (Å²) in [5.41, 5.74) is 0.819. The van der Waals surface area contributed by atoms with E-state index in [9.17, 15) is 10.1 Å². The summed E-state index contributed by atoms with van der Waals surface area (Å²) in [6, 6.07) is 4.77. The van der Waals surface area contributed by atoms with Crippen molar-refractivity contribution >= 4 is 17.3 Å². The summed E-state index contributed by atoms with van der Waals surface area (Å²) >= 11 is 5.92. The summed E-state index contributed by atoms with van der Waals surface area (Å²) in [4.78, 5) is 10.1. The Morgan fingerprint density at radius 2 is 2.20 bits per heavy atom. The van der Waals surface area contributed by atoms with Crippen LogP contribution >= 0.6 is 11.6 Å². The highest BCUT2D eigenvalue weighted by molar-refractivity contribution is 6.31. The standard InChI is InChI=1S/C10H13ClN2O2/c1-7(2)12-6-8-5-9(13(14)15)3-4-10(8)11/h3-5,7,12H,6H2,1-2H3. The van der Waals surface area contributed by atoms with Gasteiger partial charge < -0.3 is 5.32 Å². The molecule has 5 heteroatoms. The SMILES string of the molecule is CC(C)NCc1cc([N+](=O)[O-])ccc1Cl. The summed E-state index contributed by atoms with van der Waals surface area (Å²) in [6.07, 6.45) is 0. The summed E-state index contributed by atoms with van der Waals surface area (Å²) < 4.78 is 0. The third-order valence-electron chi connectivity index (χ3n) is 1.94. The zero-order valence-corrected chi connectivity index (χ0v) is 9.41. The number of benzene rings is 1. The van der Waals surface area contributed by atoms with Gasteiger partial charge in [-0.15, -0.1) is 0 Å². The highest BCUT2D eigenvalue weighted by atomic mass is 35.5. The van der Waals surface area contributed by atoms with Crippen LogP contribution in [0.15, 0.2) is 18.2 Å². The second-order valence-corrected chi connectivity index (χ2v) is 3.98. The molecule has 1 aromatic rings. The lowest BCUT2D eigenvalue weighted by Gasteiger charge is -2.09. The van der Waals surface area contributed by atoms with E-state index in [2.05, 4.69) is 5.32 Å². The lowest BCUT2D eigenvalue weighted by molar-refractivity contribution is -0.384. The fourth-order valence-electron chi connectivity index (χ4n) is 1.12. The second kappa shape index (κ2) is 5.09. The van der Waals surface area contributed by atoms with Crippen molar-refractivity contribution < 1.29 is 4.92 Å². The zero-order chi connectivity index (χ0) is 11.4. The smallest absolute Gasteiger partial charge is 0.269 e. The number of nitro benzene ring substituents is 1. The fraction of sp³-hybridized carbons (Fsp3) is 0.400. The molecule has 0 aliphatic rings. The van der Waals surface area contributed by atoms with Crippen LogP contribution in [0.5, 0.6) is 0 Å². The van der Waals surface area contributed by atoms with Gasteiger partial charge >= 0.3 is 0 Å². The molecule has 1 rings (SSSR count). The molecule has 0 heterocycles. The van der Waals surface area contributed by atoms with Crippen LogP contribution in [0.25, 0.3) is 0 Å². The van der Waals surface area contributed by atoms with Gasteiger partial charge in [-0.05, 0) is 11.6 Å². The van der Waals surface area contributed by atoms with Gasteiger partial charge in [-0.3, -0.25) is 10.1 Å². The van der Waals surface area contributed by atoms with Gasteiger partial charge in [0.1, 0.15) is 0 Å². The Bertz CT molecular complexity index is 366. The molecule has 0 spiro atoms. The number of halogens is 1. The highest BCUT2D eigenvalue weighted by Gasteiger charge is 2.09. The summed E-state index contributed by atoms with van der Waals surface area (Å²) in [5.74, 6) is 0. The maximum atomic E-state index is 10.5. The van der Waals surface area contributed by atoms with Crippen molar-refractivity contribution in [1.82, 2.24) is 5.32 Å². The molecule has 0 atom stereocenters. The van der Waals surface area contributed by atoms with Gasteiger partial charge in [0.05, 0.1) is 4.92 Å². The van der Waals surface area contributed by atoms with E-state index in [0.29, 0.717) is 17.6 Å². The van der Waals surface area contributed by atoms with Crippen molar-refractivity contribution in [3.05, 3.63) is 38.9 Å². The molecular weight excluding hydrogens is 216 g/mol. The van der Waals surface area contributed by atoms with E-state index in [-0.39, 0.29) is 5.69 Å². The molecule has 4 nitrogen and oxygen atoms in total. The van der Waals surface area contributed by atoms with E-state index in [1.165, 1.54) is 12.1 Å². The van der Waals surface area contributed by atoms with Crippen molar-refractivity contribution in [2.45, 2.75) is 26.4 Å². The first kappa shape index (κ1) is 11.9. The van der Waals surface area contributed by atoms with Gasteiger partial charge in [0.2, 0.25) is 0 Å².